The van der Waals surface area contributed by atoms with Crippen molar-refractivity contribution in [3.05, 3.63) is 92.9 Å². The van der Waals surface area contributed by atoms with E-state index in [1.165, 1.54) is 31.3 Å². The average Bonchev–Trinajstić information content (AvgIpc) is 3.10. The Hall–Kier alpha value is -3.29. The van der Waals surface area contributed by atoms with Crippen molar-refractivity contribution in [3.8, 4) is 11.5 Å². The van der Waals surface area contributed by atoms with Crippen molar-refractivity contribution < 1.29 is 24.2 Å². The van der Waals surface area contributed by atoms with Crippen LogP contribution in [0.2, 0.25) is 5.02 Å². The molecule has 0 spiro atoms. The van der Waals surface area contributed by atoms with Gasteiger partial charge in [-0.25, -0.2) is 0 Å². The van der Waals surface area contributed by atoms with Gasteiger partial charge in [0.1, 0.15) is 17.3 Å². The molecule has 1 saturated heterocycles. The molecule has 1 N–H and O–H groups in total. The van der Waals surface area contributed by atoms with E-state index in [2.05, 4.69) is 15.9 Å². The highest BCUT2D eigenvalue weighted by Gasteiger charge is 2.47. The quantitative estimate of drug-likeness (QED) is 0.259. The first-order valence-electron chi connectivity index (χ1n) is 9.90. The summed E-state index contributed by atoms with van der Waals surface area (Å²) < 4.78 is 11.5. The van der Waals surface area contributed by atoms with Gasteiger partial charge >= 0.3 is 0 Å². The van der Waals surface area contributed by atoms with Crippen LogP contribution in [0.3, 0.4) is 0 Å². The average molecular weight is 529 g/mol. The molecule has 1 fully saturated rings. The third-order valence-electron chi connectivity index (χ3n) is 5.39. The normalized spacial score (nSPS) is 17.3. The summed E-state index contributed by atoms with van der Waals surface area (Å²) in [6.45, 7) is 0. The summed E-state index contributed by atoms with van der Waals surface area (Å²) in [5, 5.41) is 11.6. The van der Waals surface area contributed by atoms with Gasteiger partial charge in [0.2, 0.25) is 0 Å². The van der Waals surface area contributed by atoms with Crippen LogP contribution in [-0.4, -0.2) is 31.0 Å². The van der Waals surface area contributed by atoms with Gasteiger partial charge in [-0.15, -0.1) is 0 Å². The van der Waals surface area contributed by atoms with Crippen LogP contribution in [0.1, 0.15) is 17.2 Å². The Labute approximate surface area is 204 Å². The van der Waals surface area contributed by atoms with Crippen LogP contribution in [0.5, 0.6) is 11.5 Å². The number of carbonyl (C=O) groups is 2. The molecule has 0 bridgehead atoms. The van der Waals surface area contributed by atoms with Crippen molar-refractivity contribution in [3.63, 3.8) is 0 Å². The van der Waals surface area contributed by atoms with Gasteiger partial charge in [-0.1, -0.05) is 57.9 Å². The molecule has 4 rings (SSSR count). The third kappa shape index (κ3) is 4.10. The van der Waals surface area contributed by atoms with Gasteiger partial charge < -0.3 is 14.6 Å². The molecule has 1 unspecified atom stereocenters. The molecule has 3 aromatic rings. The molecule has 33 heavy (non-hydrogen) atoms. The van der Waals surface area contributed by atoms with Crippen LogP contribution in [-0.2, 0) is 9.59 Å². The SMILES string of the molecule is COc1cc(OC)c(/C(O)=C2\C(=O)C(=O)N(c3ccc(Br)cc3)C2c2ccccc2)cc1Cl. The van der Waals surface area contributed by atoms with Gasteiger partial charge in [0.05, 0.1) is 36.4 Å². The molecular formula is C25H19BrClNO5. The first-order chi connectivity index (χ1) is 15.9. The fourth-order valence-corrected chi connectivity index (χ4v) is 4.35. The van der Waals surface area contributed by atoms with Crippen LogP contribution in [0.25, 0.3) is 5.76 Å². The van der Waals surface area contributed by atoms with E-state index in [0.29, 0.717) is 17.0 Å². The van der Waals surface area contributed by atoms with Crippen LogP contribution >= 0.6 is 27.5 Å². The number of hydrogen-bond acceptors (Lipinski definition) is 5. The maximum atomic E-state index is 13.2. The third-order valence-corrected chi connectivity index (χ3v) is 6.22. The topological polar surface area (TPSA) is 76.1 Å². The van der Waals surface area contributed by atoms with Gasteiger partial charge in [0.15, 0.2) is 0 Å². The number of benzene rings is 3. The van der Waals surface area contributed by atoms with Crippen LogP contribution in [0.15, 0.2) is 76.8 Å². The number of carbonyl (C=O) groups excluding carboxylic acids is 2. The van der Waals surface area contributed by atoms with E-state index >= 15 is 0 Å². The monoisotopic (exact) mass is 527 g/mol. The Bertz CT molecular complexity index is 1260. The predicted octanol–water partition coefficient (Wildman–Crippen LogP) is 5.75. The van der Waals surface area contributed by atoms with Crippen LogP contribution in [0, 0.1) is 0 Å². The number of hydrogen-bond donors (Lipinski definition) is 1. The minimum Gasteiger partial charge on any atom is -0.507 e. The summed E-state index contributed by atoms with van der Waals surface area (Å²) in [4.78, 5) is 27.8. The van der Waals surface area contributed by atoms with E-state index in [-0.39, 0.29) is 27.7 Å². The number of rotatable bonds is 5. The first kappa shape index (κ1) is 22.9. The Kier molecular flexibility index (Phi) is 6.44. The molecule has 6 nitrogen and oxygen atoms in total. The Morgan fingerprint density at radius 3 is 2.21 bits per heavy atom. The molecule has 1 amide bonds. The summed E-state index contributed by atoms with van der Waals surface area (Å²) in [5.41, 5.74) is 1.30. The largest absolute Gasteiger partial charge is 0.507 e. The second kappa shape index (κ2) is 9.29. The predicted molar refractivity (Wildman–Crippen MR) is 130 cm³/mol. The van der Waals surface area contributed by atoms with Crippen molar-refractivity contribution in [1.29, 1.82) is 0 Å². The van der Waals surface area contributed by atoms with E-state index in [4.69, 9.17) is 21.1 Å². The van der Waals surface area contributed by atoms with Gasteiger partial charge in [-0.3, -0.25) is 14.5 Å². The number of ketones is 1. The van der Waals surface area contributed by atoms with Gasteiger partial charge in [0.25, 0.3) is 11.7 Å². The zero-order chi connectivity index (χ0) is 23.7. The number of nitrogens with zero attached hydrogens (tertiary/aromatic N) is 1. The number of aliphatic hydroxyl groups excluding tert-OH is 1. The molecule has 0 aliphatic carbocycles. The van der Waals surface area contributed by atoms with Crippen molar-refractivity contribution in [2.75, 3.05) is 19.1 Å². The second-order valence-electron chi connectivity index (χ2n) is 7.24. The molecule has 1 aliphatic heterocycles. The fraction of sp³-hybridized carbons (Fsp3) is 0.120. The summed E-state index contributed by atoms with van der Waals surface area (Å²) >= 11 is 9.67. The molecule has 1 atom stereocenters. The lowest BCUT2D eigenvalue weighted by atomic mass is 9.95. The highest BCUT2D eigenvalue weighted by Crippen LogP contribution is 2.44. The summed E-state index contributed by atoms with van der Waals surface area (Å²) in [6, 6.07) is 18.2. The number of halogens is 2. The number of ether oxygens (including phenoxy) is 2. The molecule has 1 heterocycles. The molecule has 1 aliphatic rings. The van der Waals surface area contributed by atoms with Crippen molar-refractivity contribution in [2.45, 2.75) is 6.04 Å². The highest BCUT2D eigenvalue weighted by atomic mass is 79.9. The van der Waals surface area contributed by atoms with Gasteiger partial charge in [-0.2, -0.15) is 0 Å². The van der Waals surface area contributed by atoms with Gasteiger partial charge in [-0.05, 0) is 35.9 Å². The van der Waals surface area contributed by atoms with E-state index < -0.39 is 17.7 Å². The smallest absolute Gasteiger partial charge is 0.300 e. The fourth-order valence-electron chi connectivity index (χ4n) is 3.84. The maximum Gasteiger partial charge on any atom is 0.300 e. The summed E-state index contributed by atoms with van der Waals surface area (Å²) in [6.07, 6.45) is 0. The molecule has 0 saturated carbocycles. The summed E-state index contributed by atoms with van der Waals surface area (Å²) in [5.74, 6) is -1.34. The maximum absolute atomic E-state index is 13.2. The number of amides is 1. The molecule has 8 heteroatoms. The van der Waals surface area contributed by atoms with E-state index in [0.717, 1.165) is 4.47 Å². The molecule has 0 aromatic heterocycles. The lowest BCUT2D eigenvalue weighted by molar-refractivity contribution is -0.132. The van der Waals surface area contributed by atoms with E-state index in [1.54, 1.807) is 36.4 Å². The second-order valence-corrected chi connectivity index (χ2v) is 8.57. The number of aliphatic hydroxyl groups is 1. The summed E-state index contributed by atoms with van der Waals surface area (Å²) in [7, 11) is 2.88. The molecule has 3 aromatic carbocycles. The zero-order valence-electron chi connectivity index (χ0n) is 17.7. The first-order valence-corrected chi connectivity index (χ1v) is 11.1. The number of Topliss-reactive ketones (excluding diaryl/α,β-unsaturated/α-hetero) is 1. The van der Waals surface area contributed by atoms with Crippen LogP contribution < -0.4 is 14.4 Å². The lowest BCUT2D eigenvalue weighted by Gasteiger charge is -2.25. The molecular weight excluding hydrogens is 510 g/mol. The minimum atomic E-state index is -0.849. The van der Waals surface area contributed by atoms with E-state index in [9.17, 15) is 14.7 Å². The number of anilines is 1. The Morgan fingerprint density at radius 2 is 1.61 bits per heavy atom. The van der Waals surface area contributed by atoms with Crippen molar-refractivity contribution >= 4 is 50.7 Å². The highest BCUT2D eigenvalue weighted by molar-refractivity contribution is 9.10. The standard InChI is InChI=1S/C25H19BrClNO5/c1-32-19-13-20(33-2)18(27)12-17(19)23(29)21-22(14-6-4-3-5-7-14)28(25(31)24(21)30)16-10-8-15(26)9-11-16/h3-13,22,29H,1-2H3/b23-21+. The number of methoxy groups -OCH3 is 2. The Morgan fingerprint density at radius 1 is 0.970 bits per heavy atom. The molecule has 0 radical (unpaired) electrons. The van der Waals surface area contributed by atoms with Gasteiger partial charge in [0, 0.05) is 16.2 Å². The van der Waals surface area contributed by atoms with Crippen molar-refractivity contribution in [2.24, 2.45) is 0 Å². The Balaban J connectivity index is 1.97. The minimum absolute atomic E-state index is 0.0614. The molecule has 168 valence electrons. The lowest BCUT2D eigenvalue weighted by Crippen LogP contribution is -2.29. The van der Waals surface area contributed by atoms with Crippen LogP contribution in [0.4, 0.5) is 5.69 Å². The van der Waals surface area contributed by atoms with Crippen molar-refractivity contribution in [1.82, 2.24) is 0 Å². The zero-order valence-corrected chi connectivity index (χ0v) is 20.1. The van der Waals surface area contributed by atoms with E-state index in [1.807, 2.05) is 18.2 Å².